The van der Waals surface area contributed by atoms with Crippen LogP contribution in [0.4, 0.5) is 10.1 Å². The average molecular weight is 409 g/mol. The first-order valence-corrected chi connectivity index (χ1v) is 10.2. The van der Waals surface area contributed by atoms with Crippen LogP contribution in [0.5, 0.6) is 5.75 Å². The Morgan fingerprint density at radius 1 is 0.742 bits per heavy atom. The van der Waals surface area contributed by atoms with E-state index in [9.17, 15) is 14.3 Å². The highest BCUT2D eigenvalue weighted by Crippen LogP contribution is 2.48. The standard InChI is InChI=1S/C27H20FNO2/c28-20-15-16-24(30)22(17-20)25-21-13-7-8-14-23(21)29(27(25)31)26(18-9-3-1-4-10-18)19-11-5-2-6-12-19/h1-17,25-26,30H. The first-order valence-electron chi connectivity index (χ1n) is 10.2. The molecule has 5 rings (SSSR count). The number of amides is 1. The third-order valence-electron chi connectivity index (χ3n) is 5.78. The van der Waals surface area contributed by atoms with Gasteiger partial charge in [-0.15, -0.1) is 0 Å². The molecule has 0 aromatic heterocycles. The van der Waals surface area contributed by atoms with Crippen molar-refractivity contribution in [2.45, 2.75) is 12.0 Å². The van der Waals surface area contributed by atoms with Gasteiger partial charge in [0, 0.05) is 11.3 Å². The Kier molecular flexibility index (Phi) is 4.75. The minimum atomic E-state index is -0.776. The minimum Gasteiger partial charge on any atom is -0.508 e. The molecule has 1 unspecified atom stereocenters. The lowest BCUT2D eigenvalue weighted by atomic mass is 9.91. The van der Waals surface area contributed by atoms with Gasteiger partial charge in [0.1, 0.15) is 11.6 Å². The van der Waals surface area contributed by atoms with E-state index in [-0.39, 0.29) is 23.3 Å². The van der Waals surface area contributed by atoms with Crippen molar-refractivity contribution in [3.8, 4) is 5.75 Å². The molecule has 1 N–H and O–H groups in total. The van der Waals surface area contributed by atoms with E-state index in [4.69, 9.17) is 0 Å². The molecule has 0 saturated heterocycles. The van der Waals surface area contributed by atoms with Gasteiger partial charge in [0.05, 0.1) is 12.0 Å². The van der Waals surface area contributed by atoms with Gasteiger partial charge in [-0.3, -0.25) is 9.69 Å². The fourth-order valence-corrected chi connectivity index (χ4v) is 4.43. The summed E-state index contributed by atoms with van der Waals surface area (Å²) in [5.41, 5.74) is 3.74. The molecular weight excluding hydrogens is 389 g/mol. The van der Waals surface area contributed by atoms with Gasteiger partial charge in [-0.2, -0.15) is 0 Å². The molecule has 0 bridgehead atoms. The molecule has 4 heteroatoms. The minimum absolute atomic E-state index is 0.0904. The van der Waals surface area contributed by atoms with Crippen molar-refractivity contribution in [1.82, 2.24) is 0 Å². The highest BCUT2D eigenvalue weighted by atomic mass is 19.1. The van der Waals surface area contributed by atoms with E-state index < -0.39 is 11.7 Å². The Morgan fingerprint density at radius 3 is 1.97 bits per heavy atom. The molecule has 1 amide bonds. The Balaban J connectivity index is 1.71. The molecule has 0 spiro atoms. The van der Waals surface area contributed by atoms with E-state index in [0.717, 1.165) is 22.4 Å². The van der Waals surface area contributed by atoms with Gasteiger partial charge in [-0.05, 0) is 41.0 Å². The Hall–Kier alpha value is -3.92. The highest BCUT2D eigenvalue weighted by Gasteiger charge is 2.43. The summed E-state index contributed by atoms with van der Waals surface area (Å²) in [4.78, 5) is 15.7. The first kappa shape index (κ1) is 19.1. The number of anilines is 1. The number of hydrogen-bond donors (Lipinski definition) is 1. The van der Waals surface area contributed by atoms with Gasteiger partial charge in [-0.25, -0.2) is 4.39 Å². The number of nitrogens with zero attached hydrogens (tertiary/aromatic N) is 1. The Bertz CT molecular complexity index is 1200. The van der Waals surface area contributed by atoms with Crippen molar-refractivity contribution in [2.24, 2.45) is 0 Å². The molecular formula is C27H20FNO2. The van der Waals surface area contributed by atoms with Crippen LogP contribution in [0.3, 0.4) is 0 Å². The molecule has 31 heavy (non-hydrogen) atoms. The predicted molar refractivity (Wildman–Crippen MR) is 119 cm³/mol. The molecule has 4 aromatic rings. The molecule has 1 atom stereocenters. The maximum Gasteiger partial charge on any atom is 0.240 e. The zero-order chi connectivity index (χ0) is 21.4. The van der Waals surface area contributed by atoms with E-state index >= 15 is 0 Å². The number of carbonyl (C=O) groups excluding carboxylic acids is 1. The molecule has 152 valence electrons. The average Bonchev–Trinajstić information content (AvgIpc) is 3.09. The number of fused-ring (bicyclic) bond motifs is 1. The monoisotopic (exact) mass is 409 g/mol. The van der Waals surface area contributed by atoms with Gasteiger partial charge < -0.3 is 5.11 Å². The number of phenols is 1. The van der Waals surface area contributed by atoms with Crippen molar-refractivity contribution in [3.05, 3.63) is 131 Å². The second-order valence-electron chi connectivity index (χ2n) is 7.63. The number of hydrogen-bond acceptors (Lipinski definition) is 2. The largest absolute Gasteiger partial charge is 0.508 e. The highest BCUT2D eigenvalue weighted by molar-refractivity contribution is 6.08. The second-order valence-corrected chi connectivity index (χ2v) is 7.63. The molecule has 0 radical (unpaired) electrons. The number of benzene rings is 4. The molecule has 1 aliphatic heterocycles. The summed E-state index contributed by atoms with van der Waals surface area (Å²) in [5.74, 6) is -1.55. The number of rotatable bonds is 4. The van der Waals surface area contributed by atoms with Crippen molar-refractivity contribution in [1.29, 1.82) is 0 Å². The fraction of sp³-hybridized carbons (Fsp3) is 0.0741. The summed E-state index contributed by atoms with van der Waals surface area (Å²) in [6.07, 6.45) is 0. The van der Waals surface area contributed by atoms with Crippen molar-refractivity contribution >= 4 is 11.6 Å². The molecule has 0 aliphatic carbocycles. The lowest BCUT2D eigenvalue weighted by Gasteiger charge is -2.30. The van der Waals surface area contributed by atoms with Gasteiger partial charge in [0.15, 0.2) is 0 Å². The summed E-state index contributed by atoms with van der Waals surface area (Å²) in [6.45, 7) is 0. The summed E-state index contributed by atoms with van der Waals surface area (Å²) in [5, 5.41) is 10.5. The van der Waals surface area contributed by atoms with Crippen LogP contribution in [0, 0.1) is 5.82 Å². The lowest BCUT2D eigenvalue weighted by Crippen LogP contribution is -2.34. The van der Waals surface area contributed by atoms with E-state index in [1.165, 1.54) is 18.2 Å². The van der Waals surface area contributed by atoms with E-state index in [2.05, 4.69) is 0 Å². The maximum absolute atomic E-state index is 14.1. The maximum atomic E-state index is 14.1. The van der Waals surface area contributed by atoms with Gasteiger partial charge in [0.2, 0.25) is 5.91 Å². The smallest absolute Gasteiger partial charge is 0.240 e. The molecule has 0 saturated carbocycles. The molecule has 1 heterocycles. The Labute approximate surface area is 180 Å². The number of carbonyl (C=O) groups is 1. The number of aromatic hydroxyl groups is 1. The van der Waals surface area contributed by atoms with Crippen molar-refractivity contribution in [3.63, 3.8) is 0 Å². The van der Waals surface area contributed by atoms with Crippen LogP contribution in [0.1, 0.15) is 34.2 Å². The molecule has 0 fully saturated rings. The number of phenolic OH excluding ortho intramolecular Hbond substituents is 1. The summed E-state index contributed by atoms with van der Waals surface area (Å²) in [7, 11) is 0. The third kappa shape index (κ3) is 3.26. The first-order chi connectivity index (χ1) is 15.1. The van der Waals surface area contributed by atoms with Crippen LogP contribution < -0.4 is 4.90 Å². The summed E-state index contributed by atoms with van der Waals surface area (Å²) < 4.78 is 14.1. The summed E-state index contributed by atoms with van der Waals surface area (Å²) >= 11 is 0. The van der Waals surface area contributed by atoms with Gasteiger partial charge >= 0.3 is 0 Å². The topological polar surface area (TPSA) is 40.5 Å². The second kappa shape index (κ2) is 7.73. The normalized spacial score (nSPS) is 15.4. The molecule has 1 aliphatic rings. The SMILES string of the molecule is O=C1C(c2cc(F)ccc2O)c2ccccc2N1C(c1ccccc1)c1ccccc1. The van der Waals surface area contributed by atoms with Crippen molar-refractivity contribution in [2.75, 3.05) is 4.90 Å². The number of para-hydroxylation sites is 1. The Morgan fingerprint density at radius 2 is 1.32 bits per heavy atom. The lowest BCUT2D eigenvalue weighted by molar-refractivity contribution is -0.118. The van der Waals surface area contributed by atoms with Crippen LogP contribution in [0.25, 0.3) is 0 Å². The van der Waals surface area contributed by atoms with Crippen molar-refractivity contribution < 1.29 is 14.3 Å². The van der Waals surface area contributed by atoms with Crippen LogP contribution >= 0.6 is 0 Å². The van der Waals surface area contributed by atoms with Crippen LogP contribution in [-0.2, 0) is 4.79 Å². The molecule has 4 aromatic carbocycles. The van der Waals surface area contributed by atoms with E-state index in [1.54, 1.807) is 4.90 Å². The number of halogens is 1. The van der Waals surface area contributed by atoms with Gasteiger partial charge in [0.25, 0.3) is 0 Å². The van der Waals surface area contributed by atoms with Crippen LogP contribution in [0.15, 0.2) is 103 Å². The third-order valence-corrected chi connectivity index (χ3v) is 5.78. The molecule has 3 nitrogen and oxygen atoms in total. The zero-order valence-corrected chi connectivity index (χ0v) is 16.7. The summed E-state index contributed by atoms with van der Waals surface area (Å²) in [6, 6.07) is 30.6. The van der Waals surface area contributed by atoms with Gasteiger partial charge in [-0.1, -0.05) is 78.9 Å². The quantitative estimate of drug-likeness (QED) is 0.463. The van der Waals surface area contributed by atoms with Crippen LogP contribution in [0.2, 0.25) is 0 Å². The van der Waals surface area contributed by atoms with E-state index in [1.807, 2.05) is 84.9 Å². The zero-order valence-electron chi connectivity index (χ0n) is 16.7. The fourth-order valence-electron chi connectivity index (χ4n) is 4.43. The van der Waals surface area contributed by atoms with E-state index in [0.29, 0.717) is 0 Å². The van der Waals surface area contributed by atoms with Crippen LogP contribution in [-0.4, -0.2) is 11.0 Å². The predicted octanol–water partition coefficient (Wildman–Crippen LogP) is 5.80.